The van der Waals surface area contributed by atoms with E-state index in [1.54, 1.807) is 0 Å². The third-order valence-corrected chi connectivity index (χ3v) is 4.72. The zero-order chi connectivity index (χ0) is 14.9. The van der Waals surface area contributed by atoms with Crippen molar-refractivity contribution < 1.29 is 0 Å². The Morgan fingerprint density at radius 1 is 1.35 bits per heavy atom. The normalized spacial score (nSPS) is 24.0. The van der Waals surface area contributed by atoms with Gasteiger partial charge in [0.1, 0.15) is 0 Å². The molecule has 0 aromatic heterocycles. The minimum Gasteiger partial charge on any atom is -0.364 e. The molecule has 1 fully saturated rings. The van der Waals surface area contributed by atoms with Gasteiger partial charge in [-0.05, 0) is 30.4 Å². The number of aryl methyl sites for hydroxylation is 1. The number of halogens is 1. The molecule has 1 heterocycles. The van der Waals surface area contributed by atoms with Gasteiger partial charge in [-0.15, -0.1) is 0 Å². The average molecular weight is 295 g/mol. The SMILES string of the molecule is CCC1CNC(C(C)(C)C)CN1c1c(C)cccc1Cl. The van der Waals surface area contributed by atoms with Gasteiger partial charge in [0.15, 0.2) is 0 Å². The maximum Gasteiger partial charge on any atom is 0.0642 e. The highest BCUT2D eigenvalue weighted by Gasteiger charge is 2.34. The molecule has 0 spiro atoms. The topological polar surface area (TPSA) is 15.3 Å². The first kappa shape index (κ1) is 15.7. The van der Waals surface area contributed by atoms with Gasteiger partial charge in [0.2, 0.25) is 0 Å². The van der Waals surface area contributed by atoms with Crippen molar-refractivity contribution in [2.75, 3.05) is 18.0 Å². The average Bonchev–Trinajstić information content (AvgIpc) is 2.37. The van der Waals surface area contributed by atoms with Crippen LogP contribution >= 0.6 is 11.6 Å². The first-order chi connectivity index (χ1) is 9.34. The summed E-state index contributed by atoms with van der Waals surface area (Å²) in [5.74, 6) is 0. The van der Waals surface area contributed by atoms with Crippen LogP contribution in [0.5, 0.6) is 0 Å². The highest BCUT2D eigenvalue weighted by Crippen LogP contribution is 2.34. The smallest absolute Gasteiger partial charge is 0.0642 e. The second-order valence-electron chi connectivity index (χ2n) is 6.95. The van der Waals surface area contributed by atoms with Gasteiger partial charge in [-0.2, -0.15) is 0 Å². The molecule has 1 N–H and O–H groups in total. The van der Waals surface area contributed by atoms with E-state index >= 15 is 0 Å². The number of nitrogens with zero attached hydrogens (tertiary/aromatic N) is 1. The maximum atomic E-state index is 6.49. The van der Waals surface area contributed by atoms with Crippen molar-refractivity contribution in [2.24, 2.45) is 5.41 Å². The lowest BCUT2D eigenvalue weighted by molar-refractivity contribution is 0.233. The standard InChI is InChI=1S/C17H27ClN2/c1-6-13-10-19-15(17(3,4)5)11-20(13)16-12(2)8-7-9-14(16)18/h7-9,13,15,19H,6,10-11H2,1-5H3. The molecule has 2 unspecified atom stereocenters. The summed E-state index contributed by atoms with van der Waals surface area (Å²) in [5, 5.41) is 4.59. The Morgan fingerprint density at radius 3 is 2.60 bits per heavy atom. The second kappa shape index (κ2) is 5.95. The fraction of sp³-hybridized carbons (Fsp3) is 0.647. The molecule has 1 aromatic rings. The molecule has 1 aliphatic rings. The number of para-hydroxylation sites is 1. The zero-order valence-electron chi connectivity index (χ0n) is 13.3. The van der Waals surface area contributed by atoms with Crippen LogP contribution in [0.25, 0.3) is 0 Å². The van der Waals surface area contributed by atoms with Crippen LogP contribution in [0.3, 0.4) is 0 Å². The summed E-state index contributed by atoms with van der Waals surface area (Å²) in [7, 11) is 0. The fourth-order valence-corrected chi connectivity index (χ4v) is 3.33. The van der Waals surface area contributed by atoms with Gasteiger partial charge in [-0.1, -0.05) is 51.4 Å². The van der Waals surface area contributed by atoms with Crippen molar-refractivity contribution in [1.82, 2.24) is 5.32 Å². The molecular weight excluding hydrogens is 268 g/mol. The van der Waals surface area contributed by atoms with E-state index in [2.05, 4.69) is 50.9 Å². The third kappa shape index (κ3) is 3.12. The van der Waals surface area contributed by atoms with Crippen LogP contribution in [0.4, 0.5) is 5.69 Å². The molecule has 1 aliphatic heterocycles. The van der Waals surface area contributed by atoms with Crippen LogP contribution < -0.4 is 10.2 Å². The molecule has 3 heteroatoms. The van der Waals surface area contributed by atoms with Gasteiger partial charge in [-0.25, -0.2) is 0 Å². The number of hydrogen-bond donors (Lipinski definition) is 1. The summed E-state index contributed by atoms with van der Waals surface area (Å²) in [6, 6.07) is 7.20. The molecule has 0 aliphatic carbocycles. The molecule has 112 valence electrons. The van der Waals surface area contributed by atoms with Gasteiger partial charge >= 0.3 is 0 Å². The Kier molecular flexibility index (Phi) is 4.66. The van der Waals surface area contributed by atoms with Crippen LogP contribution in [0.1, 0.15) is 39.7 Å². The Morgan fingerprint density at radius 2 is 2.05 bits per heavy atom. The maximum absolute atomic E-state index is 6.49. The number of hydrogen-bond acceptors (Lipinski definition) is 2. The van der Waals surface area contributed by atoms with Crippen LogP contribution in [0, 0.1) is 12.3 Å². The van der Waals surface area contributed by atoms with Gasteiger partial charge < -0.3 is 10.2 Å². The molecule has 2 nitrogen and oxygen atoms in total. The third-order valence-electron chi connectivity index (χ3n) is 4.41. The summed E-state index contributed by atoms with van der Waals surface area (Å²) < 4.78 is 0. The van der Waals surface area contributed by atoms with Crippen LogP contribution in [0.2, 0.25) is 5.02 Å². The monoisotopic (exact) mass is 294 g/mol. The zero-order valence-corrected chi connectivity index (χ0v) is 14.1. The predicted octanol–water partition coefficient (Wildman–Crippen LogP) is 4.25. The number of anilines is 1. The molecule has 20 heavy (non-hydrogen) atoms. The summed E-state index contributed by atoms with van der Waals surface area (Å²) in [4.78, 5) is 2.52. The summed E-state index contributed by atoms with van der Waals surface area (Å²) in [6.45, 7) is 13.4. The van der Waals surface area contributed by atoms with E-state index in [-0.39, 0.29) is 5.41 Å². The summed E-state index contributed by atoms with van der Waals surface area (Å²) >= 11 is 6.49. The molecule has 2 rings (SSSR count). The Labute approximate surface area is 128 Å². The molecule has 0 bridgehead atoms. The molecule has 1 saturated heterocycles. The molecule has 0 radical (unpaired) electrons. The van der Waals surface area contributed by atoms with Crippen molar-refractivity contribution in [3.05, 3.63) is 28.8 Å². The van der Waals surface area contributed by atoms with Crippen molar-refractivity contribution in [3.8, 4) is 0 Å². The Balaban J connectivity index is 2.35. The van der Waals surface area contributed by atoms with Gasteiger partial charge in [-0.3, -0.25) is 0 Å². The number of piperazine rings is 1. The predicted molar refractivity (Wildman–Crippen MR) is 88.9 cm³/mol. The molecule has 2 atom stereocenters. The van der Waals surface area contributed by atoms with E-state index < -0.39 is 0 Å². The summed E-state index contributed by atoms with van der Waals surface area (Å²) in [5.41, 5.74) is 2.74. The lowest BCUT2D eigenvalue weighted by Gasteiger charge is -2.46. The first-order valence-corrected chi connectivity index (χ1v) is 7.97. The minimum atomic E-state index is 0.256. The van der Waals surface area contributed by atoms with Crippen molar-refractivity contribution in [2.45, 2.75) is 53.1 Å². The van der Waals surface area contributed by atoms with Crippen molar-refractivity contribution in [1.29, 1.82) is 0 Å². The Hall–Kier alpha value is -0.730. The van der Waals surface area contributed by atoms with E-state index in [0.717, 1.165) is 24.5 Å². The summed E-state index contributed by atoms with van der Waals surface area (Å²) in [6.07, 6.45) is 1.13. The largest absolute Gasteiger partial charge is 0.364 e. The van der Waals surface area contributed by atoms with E-state index in [1.165, 1.54) is 11.3 Å². The van der Waals surface area contributed by atoms with Gasteiger partial charge in [0.05, 0.1) is 10.7 Å². The van der Waals surface area contributed by atoms with Crippen LogP contribution in [-0.2, 0) is 0 Å². The second-order valence-corrected chi connectivity index (χ2v) is 7.35. The first-order valence-electron chi connectivity index (χ1n) is 7.59. The molecule has 1 aromatic carbocycles. The fourth-order valence-electron chi connectivity index (χ4n) is 3.00. The number of rotatable bonds is 2. The van der Waals surface area contributed by atoms with E-state index in [4.69, 9.17) is 11.6 Å². The Bertz CT molecular complexity index is 444. The molecule has 0 saturated carbocycles. The van der Waals surface area contributed by atoms with Crippen LogP contribution in [0.15, 0.2) is 18.2 Å². The lowest BCUT2D eigenvalue weighted by atomic mass is 9.84. The van der Waals surface area contributed by atoms with Crippen molar-refractivity contribution >= 4 is 17.3 Å². The van der Waals surface area contributed by atoms with Gasteiger partial charge in [0, 0.05) is 25.2 Å². The van der Waals surface area contributed by atoms with Crippen LogP contribution in [-0.4, -0.2) is 25.2 Å². The van der Waals surface area contributed by atoms with E-state index in [0.29, 0.717) is 12.1 Å². The number of nitrogens with one attached hydrogen (secondary N) is 1. The number of benzene rings is 1. The van der Waals surface area contributed by atoms with Gasteiger partial charge in [0.25, 0.3) is 0 Å². The highest BCUT2D eigenvalue weighted by atomic mass is 35.5. The van der Waals surface area contributed by atoms with E-state index in [9.17, 15) is 0 Å². The quantitative estimate of drug-likeness (QED) is 0.877. The van der Waals surface area contributed by atoms with Crippen molar-refractivity contribution in [3.63, 3.8) is 0 Å². The minimum absolute atomic E-state index is 0.256. The molecular formula is C17H27ClN2. The lowest BCUT2D eigenvalue weighted by Crippen LogP contribution is -2.60. The molecule has 0 amide bonds. The van der Waals surface area contributed by atoms with E-state index in [1.807, 2.05) is 12.1 Å². The highest BCUT2D eigenvalue weighted by molar-refractivity contribution is 6.33.